The van der Waals surface area contributed by atoms with E-state index in [-0.39, 0.29) is 30.1 Å². The largest absolute Gasteiger partial charge is 0.490 e. The number of imide groups is 1. The lowest BCUT2D eigenvalue weighted by molar-refractivity contribution is -0.192. The summed E-state index contributed by atoms with van der Waals surface area (Å²) in [5, 5.41) is 10.5. The molecule has 2 amide bonds. The number of amides is 2. The third kappa shape index (κ3) is 5.86. The monoisotopic (exact) mass is 566 g/mol. The van der Waals surface area contributed by atoms with Crippen LogP contribution in [0.1, 0.15) is 38.8 Å². The summed E-state index contributed by atoms with van der Waals surface area (Å²) in [5.74, 6) is -5.57. The number of nitrogens with one attached hydrogen (secondary N) is 1. The molecule has 2 aromatic rings. The van der Waals surface area contributed by atoms with Crippen LogP contribution in [0.2, 0.25) is 0 Å². The number of hydrogen-bond acceptors (Lipinski definition) is 6. The summed E-state index contributed by atoms with van der Waals surface area (Å²) >= 11 is 0. The van der Waals surface area contributed by atoms with E-state index in [2.05, 4.69) is 5.32 Å². The zero-order valence-corrected chi connectivity index (χ0v) is 22.3. The average molecular weight is 567 g/mol. The highest BCUT2D eigenvalue weighted by Crippen LogP contribution is 2.51. The fourth-order valence-electron chi connectivity index (χ4n) is 5.47. The molecule has 2 N–H and O–H groups in total. The van der Waals surface area contributed by atoms with Gasteiger partial charge in [-0.2, -0.15) is 13.2 Å². The maximum atomic E-state index is 13.3. The molecule has 0 saturated carbocycles. The Kier molecular flexibility index (Phi) is 9.03. The van der Waals surface area contributed by atoms with Crippen LogP contribution in [0.3, 0.4) is 0 Å². The quantitative estimate of drug-likeness (QED) is 0.304. The van der Waals surface area contributed by atoms with Crippen molar-refractivity contribution in [3.63, 3.8) is 0 Å². The molecule has 3 unspecified atom stereocenters. The number of methoxy groups -OCH3 is 1. The van der Waals surface area contributed by atoms with Gasteiger partial charge in [0.1, 0.15) is 11.4 Å². The number of fused-ring (bicyclic) bond motifs is 1. The maximum Gasteiger partial charge on any atom is 0.490 e. The van der Waals surface area contributed by atoms with Gasteiger partial charge in [0, 0.05) is 12.6 Å². The van der Waals surface area contributed by atoms with Crippen molar-refractivity contribution in [2.75, 3.05) is 13.7 Å². The molecule has 8 nitrogen and oxygen atoms in total. The molecule has 4 atom stereocenters. The Labute approximate surface area is 228 Å². The van der Waals surface area contributed by atoms with Crippen LogP contribution in [0.4, 0.5) is 17.6 Å². The summed E-state index contributed by atoms with van der Waals surface area (Å²) in [4.78, 5) is 49.9. The number of likely N-dealkylation sites (tertiary alicyclic amines) is 1. The molecule has 0 spiro atoms. The van der Waals surface area contributed by atoms with Crippen LogP contribution in [-0.2, 0) is 23.9 Å². The van der Waals surface area contributed by atoms with Gasteiger partial charge in [-0.1, -0.05) is 50.2 Å². The van der Waals surface area contributed by atoms with Gasteiger partial charge in [0.15, 0.2) is 0 Å². The van der Waals surface area contributed by atoms with Gasteiger partial charge in [-0.3, -0.25) is 24.6 Å². The smallest absolute Gasteiger partial charge is 0.475 e. The Hall–Kier alpha value is -3.80. The number of esters is 1. The first-order valence-electron chi connectivity index (χ1n) is 12.5. The van der Waals surface area contributed by atoms with Gasteiger partial charge in [-0.15, -0.1) is 0 Å². The number of hydrogen-bond donors (Lipinski definition) is 2. The molecule has 2 aromatic carbocycles. The van der Waals surface area contributed by atoms with Crippen LogP contribution < -0.4 is 5.32 Å². The number of nitrogens with zero attached hydrogens (tertiary/aromatic N) is 1. The molecular weight excluding hydrogens is 536 g/mol. The Morgan fingerprint density at radius 3 is 1.95 bits per heavy atom. The molecule has 0 aliphatic carbocycles. The van der Waals surface area contributed by atoms with Crippen molar-refractivity contribution in [3.8, 4) is 11.1 Å². The number of rotatable bonds is 6. The molecule has 0 bridgehead atoms. The van der Waals surface area contributed by atoms with Crippen LogP contribution in [-0.4, -0.2) is 59.1 Å². The van der Waals surface area contributed by atoms with Gasteiger partial charge in [0.05, 0.1) is 18.9 Å². The Morgan fingerprint density at radius 1 is 1.02 bits per heavy atom. The molecule has 2 heterocycles. The molecule has 2 fully saturated rings. The van der Waals surface area contributed by atoms with Crippen molar-refractivity contribution < 1.29 is 46.6 Å². The summed E-state index contributed by atoms with van der Waals surface area (Å²) in [6.07, 6.45) is -4.71. The zero-order valence-electron chi connectivity index (χ0n) is 22.3. The maximum absolute atomic E-state index is 13.3. The van der Waals surface area contributed by atoms with E-state index in [4.69, 9.17) is 14.6 Å². The highest BCUT2D eigenvalue weighted by molar-refractivity contribution is 6.09. The number of ether oxygens (including phenoxy) is 1. The van der Waals surface area contributed by atoms with Crippen LogP contribution in [0.25, 0.3) is 11.1 Å². The molecule has 4 rings (SSSR count). The fraction of sp³-hybridized carbons (Fsp3) is 0.429. The summed E-state index contributed by atoms with van der Waals surface area (Å²) in [5.41, 5.74) is 1.31. The predicted molar refractivity (Wildman–Crippen MR) is 135 cm³/mol. The van der Waals surface area contributed by atoms with Crippen molar-refractivity contribution in [2.24, 2.45) is 17.8 Å². The lowest BCUT2D eigenvalue weighted by Gasteiger charge is -2.33. The topological polar surface area (TPSA) is 113 Å². The van der Waals surface area contributed by atoms with E-state index in [9.17, 15) is 31.9 Å². The van der Waals surface area contributed by atoms with E-state index < -0.39 is 41.5 Å². The number of halogens is 4. The minimum atomic E-state index is -5.08. The molecule has 0 aromatic heterocycles. The molecular formula is C28H30F4N2O6. The highest BCUT2D eigenvalue weighted by atomic mass is 19.4. The van der Waals surface area contributed by atoms with Crippen molar-refractivity contribution in [1.29, 1.82) is 0 Å². The third-order valence-corrected chi connectivity index (χ3v) is 7.03. The minimum absolute atomic E-state index is 0.0930. The van der Waals surface area contributed by atoms with E-state index in [1.807, 2.05) is 38.1 Å². The number of alkyl halides is 3. The number of carbonyl (C=O) groups is 4. The summed E-state index contributed by atoms with van der Waals surface area (Å²) < 4.78 is 50.2. The van der Waals surface area contributed by atoms with Crippen molar-refractivity contribution in [1.82, 2.24) is 10.2 Å². The summed E-state index contributed by atoms with van der Waals surface area (Å²) in [6, 6.07) is 13.3. The van der Waals surface area contributed by atoms with Crippen molar-refractivity contribution >= 4 is 23.8 Å². The van der Waals surface area contributed by atoms with Crippen LogP contribution in [0.5, 0.6) is 0 Å². The number of carbonyl (C=O) groups excluding carboxylic acids is 3. The number of benzene rings is 2. The SMILES string of the molecule is CCN1C(=O)C2C(c3ccc(-c4ccc(F)cc4)cc3)N[C@@](CC(C)C)(C(=O)OC)C2C1=O.O=C(O)C(F)(F)F. The first kappa shape index (κ1) is 30.7. The first-order valence-corrected chi connectivity index (χ1v) is 12.5. The van der Waals surface area contributed by atoms with E-state index >= 15 is 0 Å². The minimum Gasteiger partial charge on any atom is -0.475 e. The highest BCUT2D eigenvalue weighted by Gasteiger charge is 2.68. The summed E-state index contributed by atoms with van der Waals surface area (Å²) in [7, 11) is 1.31. The van der Waals surface area contributed by atoms with Gasteiger partial charge >= 0.3 is 18.1 Å². The van der Waals surface area contributed by atoms with Gasteiger partial charge in [-0.05, 0) is 48.1 Å². The van der Waals surface area contributed by atoms with Crippen LogP contribution >= 0.6 is 0 Å². The first-order chi connectivity index (χ1) is 18.7. The molecule has 2 aliphatic heterocycles. The molecule has 2 saturated heterocycles. The number of carboxylic acids is 1. The average Bonchev–Trinajstić information content (AvgIpc) is 3.36. The Morgan fingerprint density at radius 2 is 1.52 bits per heavy atom. The Balaban J connectivity index is 0.000000559. The number of aliphatic carboxylic acids is 1. The van der Waals surface area contributed by atoms with Gasteiger partial charge in [0.2, 0.25) is 11.8 Å². The third-order valence-electron chi connectivity index (χ3n) is 7.03. The van der Waals surface area contributed by atoms with Gasteiger partial charge in [0.25, 0.3) is 0 Å². The lowest BCUT2D eigenvalue weighted by atomic mass is 9.75. The van der Waals surface area contributed by atoms with Gasteiger partial charge in [-0.25, -0.2) is 9.18 Å². The van der Waals surface area contributed by atoms with E-state index in [1.54, 1.807) is 19.1 Å². The second kappa shape index (κ2) is 11.7. The second-order valence-electron chi connectivity index (χ2n) is 10.0. The number of carboxylic acid groups (broad SMARTS) is 1. The van der Waals surface area contributed by atoms with Gasteiger partial charge < -0.3 is 9.84 Å². The lowest BCUT2D eigenvalue weighted by Crippen LogP contribution is -2.57. The van der Waals surface area contributed by atoms with Crippen LogP contribution in [0, 0.1) is 23.6 Å². The predicted octanol–water partition coefficient (Wildman–Crippen LogP) is 4.35. The van der Waals surface area contributed by atoms with E-state index in [0.29, 0.717) is 6.42 Å². The van der Waals surface area contributed by atoms with Crippen LogP contribution in [0.15, 0.2) is 48.5 Å². The standard InChI is InChI=1S/C26H29FN2O4.C2HF3O2/c1-5-29-23(30)20-21(24(29)31)26(14-15(2)3,25(32)33-4)28-22(20)18-8-6-16(7-9-18)17-10-12-19(27)13-11-17;3-2(4,5)1(6)7/h6-13,15,20-22,28H,5,14H2,1-4H3;(H,6,7)/t20?,21?,22?,26-;/m1./s1. The molecule has 2 aliphatic rings. The van der Waals surface area contributed by atoms with E-state index in [0.717, 1.165) is 16.7 Å². The van der Waals surface area contributed by atoms with Crippen molar-refractivity contribution in [3.05, 3.63) is 59.9 Å². The molecule has 40 heavy (non-hydrogen) atoms. The van der Waals surface area contributed by atoms with E-state index in [1.165, 1.54) is 24.1 Å². The Bertz CT molecular complexity index is 1260. The second-order valence-corrected chi connectivity index (χ2v) is 10.0. The summed E-state index contributed by atoms with van der Waals surface area (Å²) in [6.45, 7) is 5.98. The molecule has 0 radical (unpaired) electrons. The fourth-order valence-corrected chi connectivity index (χ4v) is 5.47. The molecule has 216 valence electrons. The van der Waals surface area contributed by atoms with Crippen molar-refractivity contribution in [2.45, 2.75) is 44.9 Å². The molecule has 12 heteroatoms. The zero-order chi connectivity index (χ0) is 30.0. The normalized spacial score (nSPS) is 24.0.